The molecule has 2 N–H and O–H groups in total. The van der Waals surface area contributed by atoms with Gasteiger partial charge in [0, 0.05) is 14.2 Å². The summed E-state index contributed by atoms with van der Waals surface area (Å²) in [5.41, 5.74) is 3.24. The average molecular weight is 248 g/mol. The Bertz CT molecular complexity index is 451. The number of carbonyl (C=O) groups is 1. The smallest absolute Gasteiger partial charge is 0.312 e. The molecular weight excluding hydrogens is 224 g/mol. The van der Waals surface area contributed by atoms with Gasteiger partial charge in [-0.3, -0.25) is 0 Å². The third-order valence-electron chi connectivity index (χ3n) is 3.11. The summed E-state index contributed by atoms with van der Waals surface area (Å²) >= 11 is 0. The van der Waals surface area contributed by atoms with Crippen molar-refractivity contribution in [2.75, 3.05) is 0 Å². The molecule has 0 aliphatic heterocycles. The molecule has 100 valence electrons. The summed E-state index contributed by atoms with van der Waals surface area (Å²) in [4.78, 5) is 11.8. The molecule has 2 aliphatic carbocycles. The van der Waals surface area contributed by atoms with Crippen LogP contribution in [-0.2, 0) is 0 Å². The second-order valence-electron chi connectivity index (χ2n) is 4.78. The van der Waals surface area contributed by atoms with Crippen LogP contribution in [0.1, 0.15) is 41.9 Å². The predicted molar refractivity (Wildman–Crippen MR) is 78.0 cm³/mol. The molecule has 2 rings (SSSR count). The molecule has 3 nitrogen and oxygen atoms in total. The normalized spacial score (nSPS) is 19.3. The molecular formula is C15H24N2O. The molecule has 0 atom stereocenters. The lowest BCUT2D eigenvalue weighted by molar-refractivity contribution is 0.245. The van der Waals surface area contributed by atoms with Gasteiger partial charge in [-0.05, 0) is 51.2 Å². The first-order valence-corrected chi connectivity index (χ1v) is 6.55. The Kier molecular flexibility index (Phi) is 4.40. The van der Waals surface area contributed by atoms with E-state index in [0.29, 0.717) is 0 Å². The molecule has 0 spiro atoms. The van der Waals surface area contributed by atoms with Gasteiger partial charge in [-0.2, -0.15) is 0 Å². The molecule has 0 heterocycles. The fraction of sp³-hybridized carbons (Fsp3) is 0.400. The third kappa shape index (κ3) is 3.91. The Hall–Kier alpha value is -1.77. The quantitative estimate of drug-likeness (QED) is 0.761. The molecule has 0 saturated carbocycles. The second kappa shape index (κ2) is 6.24. The number of hydrogen-bond donors (Lipinski definition) is 2. The molecule has 18 heavy (non-hydrogen) atoms. The maximum atomic E-state index is 11.8. The first kappa shape index (κ1) is 12.7. The highest BCUT2D eigenvalue weighted by atomic mass is 16.2. The van der Waals surface area contributed by atoms with Gasteiger partial charge in [0.05, 0.1) is 0 Å². The standard InChI is InChI=1S/C15H20N2O.2H2/c1-12-6-5-9-14(11-10-12)17-15(18)16-13-7-3-2-4-8-13;;/h3,7-8,10-11H,2,4-6,9H2,1H3,(H2,16,17,18);2*1H. The SMILES string of the molecule is CC1=CC=C(NC(=O)NC2=CCCC=C2)CCC1.[HH].[HH]. The Morgan fingerprint density at radius 2 is 2.11 bits per heavy atom. The van der Waals surface area contributed by atoms with E-state index in [9.17, 15) is 4.79 Å². The Labute approximate surface area is 111 Å². The van der Waals surface area contributed by atoms with Crippen LogP contribution in [0.25, 0.3) is 0 Å². The summed E-state index contributed by atoms with van der Waals surface area (Å²) in [7, 11) is 0. The largest absolute Gasteiger partial charge is 0.323 e. The monoisotopic (exact) mass is 248 g/mol. The summed E-state index contributed by atoms with van der Waals surface area (Å²) in [6, 6.07) is -0.146. The molecule has 0 unspecified atom stereocenters. The number of carbonyl (C=O) groups excluding carboxylic acids is 1. The number of urea groups is 1. The van der Waals surface area contributed by atoms with Crippen LogP contribution in [0.15, 0.2) is 47.3 Å². The maximum Gasteiger partial charge on any atom is 0.323 e. The zero-order valence-electron chi connectivity index (χ0n) is 10.8. The second-order valence-corrected chi connectivity index (χ2v) is 4.78. The highest BCUT2D eigenvalue weighted by molar-refractivity contribution is 5.78. The molecule has 0 aromatic carbocycles. The number of nitrogens with one attached hydrogen (secondary N) is 2. The van der Waals surface area contributed by atoms with Gasteiger partial charge in [-0.1, -0.05) is 23.8 Å². The van der Waals surface area contributed by atoms with Crippen LogP contribution in [0.2, 0.25) is 0 Å². The van der Waals surface area contributed by atoms with Crippen LogP contribution in [0.5, 0.6) is 0 Å². The van der Waals surface area contributed by atoms with Crippen LogP contribution in [0, 0.1) is 0 Å². The van der Waals surface area contributed by atoms with Crippen molar-refractivity contribution in [1.82, 2.24) is 10.6 Å². The first-order valence-electron chi connectivity index (χ1n) is 6.55. The number of hydrogen-bond acceptors (Lipinski definition) is 1. The lowest BCUT2D eigenvalue weighted by atomic mass is 10.1. The van der Waals surface area contributed by atoms with E-state index in [0.717, 1.165) is 43.5 Å². The number of rotatable bonds is 2. The average Bonchev–Trinajstić information content (AvgIpc) is 2.56. The van der Waals surface area contributed by atoms with Crippen molar-refractivity contribution in [3.63, 3.8) is 0 Å². The zero-order chi connectivity index (χ0) is 12.8. The summed E-state index contributed by atoms with van der Waals surface area (Å²) in [5, 5.41) is 5.78. The predicted octanol–water partition coefficient (Wildman–Crippen LogP) is 4.03. The summed E-state index contributed by atoms with van der Waals surface area (Å²) in [6.45, 7) is 2.12. The Balaban J connectivity index is 0.00000180. The van der Waals surface area contributed by atoms with Crippen LogP contribution in [0.3, 0.4) is 0 Å². The van der Waals surface area contributed by atoms with Crippen molar-refractivity contribution < 1.29 is 7.65 Å². The van der Waals surface area contributed by atoms with Gasteiger partial charge in [0.2, 0.25) is 0 Å². The van der Waals surface area contributed by atoms with E-state index in [-0.39, 0.29) is 8.88 Å². The van der Waals surface area contributed by atoms with Crippen LogP contribution in [-0.4, -0.2) is 6.03 Å². The van der Waals surface area contributed by atoms with Gasteiger partial charge in [-0.15, -0.1) is 0 Å². The summed E-state index contributed by atoms with van der Waals surface area (Å²) < 4.78 is 0. The van der Waals surface area contributed by atoms with E-state index in [1.165, 1.54) is 5.57 Å². The van der Waals surface area contributed by atoms with E-state index in [1.807, 2.05) is 18.2 Å². The minimum Gasteiger partial charge on any atom is -0.312 e. The van der Waals surface area contributed by atoms with E-state index in [4.69, 9.17) is 0 Å². The summed E-state index contributed by atoms with van der Waals surface area (Å²) in [5.74, 6) is 0. The molecule has 0 saturated heterocycles. The third-order valence-corrected chi connectivity index (χ3v) is 3.11. The zero-order valence-corrected chi connectivity index (χ0v) is 10.8. The van der Waals surface area contributed by atoms with Gasteiger partial charge in [0.25, 0.3) is 0 Å². The minimum absolute atomic E-state index is 0. The summed E-state index contributed by atoms with van der Waals surface area (Å²) in [6.07, 6.45) is 15.4. The first-order chi connectivity index (χ1) is 8.74. The van der Waals surface area contributed by atoms with Crippen LogP contribution >= 0.6 is 0 Å². The van der Waals surface area contributed by atoms with Crippen molar-refractivity contribution in [1.29, 1.82) is 0 Å². The molecule has 3 heteroatoms. The molecule has 0 aromatic rings. The minimum atomic E-state index is -0.146. The Morgan fingerprint density at radius 3 is 2.89 bits per heavy atom. The van der Waals surface area contributed by atoms with Crippen molar-refractivity contribution in [3.05, 3.63) is 47.3 Å². The van der Waals surface area contributed by atoms with E-state index in [2.05, 4.69) is 29.7 Å². The highest BCUT2D eigenvalue weighted by Crippen LogP contribution is 2.15. The number of amides is 2. The molecule has 2 aliphatic rings. The van der Waals surface area contributed by atoms with Crippen molar-refractivity contribution in [3.8, 4) is 0 Å². The molecule has 0 radical (unpaired) electrons. The van der Waals surface area contributed by atoms with Gasteiger partial charge in [0.1, 0.15) is 0 Å². The van der Waals surface area contributed by atoms with Crippen LogP contribution in [0.4, 0.5) is 4.79 Å². The van der Waals surface area contributed by atoms with E-state index < -0.39 is 0 Å². The topological polar surface area (TPSA) is 41.1 Å². The fourth-order valence-electron chi connectivity index (χ4n) is 2.09. The molecule has 0 bridgehead atoms. The van der Waals surface area contributed by atoms with E-state index >= 15 is 0 Å². The maximum absolute atomic E-state index is 11.8. The van der Waals surface area contributed by atoms with Gasteiger partial charge < -0.3 is 10.6 Å². The van der Waals surface area contributed by atoms with Crippen LogP contribution < -0.4 is 10.6 Å². The Morgan fingerprint density at radius 1 is 1.22 bits per heavy atom. The number of allylic oxidation sites excluding steroid dienone is 7. The van der Waals surface area contributed by atoms with Gasteiger partial charge >= 0.3 is 6.03 Å². The lowest BCUT2D eigenvalue weighted by Crippen LogP contribution is -2.34. The fourth-order valence-corrected chi connectivity index (χ4v) is 2.09. The molecule has 2 amide bonds. The van der Waals surface area contributed by atoms with E-state index in [1.54, 1.807) is 0 Å². The van der Waals surface area contributed by atoms with Crippen molar-refractivity contribution in [2.24, 2.45) is 0 Å². The van der Waals surface area contributed by atoms with Gasteiger partial charge in [0.15, 0.2) is 0 Å². The molecule has 0 fully saturated rings. The van der Waals surface area contributed by atoms with Gasteiger partial charge in [-0.25, -0.2) is 4.79 Å². The highest BCUT2D eigenvalue weighted by Gasteiger charge is 2.07. The molecule has 0 aromatic heterocycles. The van der Waals surface area contributed by atoms with Crippen molar-refractivity contribution >= 4 is 6.03 Å². The lowest BCUT2D eigenvalue weighted by Gasteiger charge is -2.12. The van der Waals surface area contributed by atoms with Crippen molar-refractivity contribution in [2.45, 2.75) is 39.0 Å².